The van der Waals surface area contributed by atoms with Crippen LogP contribution in [0.15, 0.2) is 30.5 Å². The van der Waals surface area contributed by atoms with Gasteiger partial charge < -0.3 is 5.73 Å². The van der Waals surface area contributed by atoms with Gasteiger partial charge in [0, 0.05) is 11.8 Å². The van der Waals surface area contributed by atoms with E-state index in [1.54, 1.807) is 0 Å². The first-order chi connectivity index (χ1) is 7.18. The Balaban J connectivity index is 2.39. The summed E-state index contributed by atoms with van der Waals surface area (Å²) in [5, 5.41) is 5.50. The van der Waals surface area contributed by atoms with Crippen molar-refractivity contribution in [2.45, 2.75) is 19.4 Å². The second kappa shape index (κ2) is 3.98. The summed E-state index contributed by atoms with van der Waals surface area (Å²) in [5.41, 5.74) is 6.66. The van der Waals surface area contributed by atoms with Gasteiger partial charge in [0.15, 0.2) is 0 Å². The van der Waals surface area contributed by atoms with Gasteiger partial charge in [-0.25, -0.2) is 0 Å². The molecule has 3 nitrogen and oxygen atoms in total. The first-order valence-corrected chi connectivity index (χ1v) is 5.30. The topological polar surface area (TPSA) is 43.8 Å². The number of benzene rings is 1. The zero-order valence-corrected chi connectivity index (χ0v) is 9.37. The molecule has 0 bridgehead atoms. The van der Waals surface area contributed by atoms with Crippen molar-refractivity contribution < 1.29 is 0 Å². The number of thiocarbonyl (C=S) groups is 1. The van der Waals surface area contributed by atoms with E-state index in [0.29, 0.717) is 11.4 Å². The number of aromatic nitrogens is 2. The van der Waals surface area contributed by atoms with Crippen LogP contribution in [0, 0.1) is 0 Å². The fourth-order valence-corrected chi connectivity index (χ4v) is 1.96. The maximum atomic E-state index is 5.53. The van der Waals surface area contributed by atoms with Crippen molar-refractivity contribution >= 4 is 28.1 Å². The van der Waals surface area contributed by atoms with E-state index in [2.05, 4.69) is 18.1 Å². The Morgan fingerprint density at radius 1 is 1.53 bits per heavy atom. The molecule has 0 fully saturated rings. The summed E-state index contributed by atoms with van der Waals surface area (Å²) in [4.78, 5) is 0.530. The standard InChI is InChI=1S/C11H13N3S/c1-8(6-11(12)15)14-10-5-3-2-4-9(10)7-13-14/h2-5,7-8H,6H2,1H3,(H2,12,15). The third-order valence-electron chi connectivity index (χ3n) is 2.42. The summed E-state index contributed by atoms with van der Waals surface area (Å²) < 4.78 is 1.97. The lowest BCUT2D eigenvalue weighted by molar-refractivity contribution is 0.524. The highest BCUT2D eigenvalue weighted by Crippen LogP contribution is 2.19. The van der Waals surface area contributed by atoms with Crippen LogP contribution in [0.25, 0.3) is 10.9 Å². The normalized spacial score (nSPS) is 12.9. The van der Waals surface area contributed by atoms with Crippen molar-refractivity contribution in [1.29, 1.82) is 0 Å². The molecule has 1 aromatic heterocycles. The minimum absolute atomic E-state index is 0.211. The van der Waals surface area contributed by atoms with Gasteiger partial charge in [0.1, 0.15) is 0 Å². The maximum Gasteiger partial charge on any atom is 0.0748 e. The molecule has 1 heterocycles. The van der Waals surface area contributed by atoms with E-state index in [-0.39, 0.29) is 6.04 Å². The summed E-state index contributed by atoms with van der Waals surface area (Å²) in [6, 6.07) is 8.33. The van der Waals surface area contributed by atoms with E-state index >= 15 is 0 Å². The van der Waals surface area contributed by atoms with E-state index in [4.69, 9.17) is 18.0 Å². The zero-order valence-electron chi connectivity index (χ0n) is 8.55. The van der Waals surface area contributed by atoms with Crippen LogP contribution >= 0.6 is 12.2 Å². The molecule has 2 rings (SSSR count). The molecule has 2 N–H and O–H groups in total. The van der Waals surface area contributed by atoms with Gasteiger partial charge in [-0.3, -0.25) is 4.68 Å². The number of hydrogen-bond donors (Lipinski definition) is 1. The zero-order chi connectivity index (χ0) is 10.8. The monoisotopic (exact) mass is 219 g/mol. The third-order valence-corrected chi connectivity index (χ3v) is 2.59. The summed E-state index contributed by atoms with van der Waals surface area (Å²) >= 11 is 4.91. The highest BCUT2D eigenvalue weighted by molar-refractivity contribution is 7.80. The van der Waals surface area contributed by atoms with Crippen molar-refractivity contribution in [2.24, 2.45) is 5.73 Å². The fraction of sp³-hybridized carbons (Fsp3) is 0.273. The maximum absolute atomic E-state index is 5.53. The Bertz CT molecular complexity index is 489. The van der Waals surface area contributed by atoms with Crippen LogP contribution in [0.3, 0.4) is 0 Å². The molecule has 2 aromatic rings. The number of para-hydroxylation sites is 1. The first-order valence-electron chi connectivity index (χ1n) is 4.89. The van der Waals surface area contributed by atoms with Gasteiger partial charge >= 0.3 is 0 Å². The van der Waals surface area contributed by atoms with E-state index < -0.39 is 0 Å². The Morgan fingerprint density at radius 3 is 3.00 bits per heavy atom. The van der Waals surface area contributed by atoms with Crippen molar-refractivity contribution in [1.82, 2.24) is 9.78 Å². The predicted molar refractivity (Wildman–Crippen MR) is 65.8 cm³/mol. The lowest BCUT2D eigenvalue weighted by Crippen LogP contribution is -2.16. The van der Waals surface area contributed by atoms with Gasteiger partial charge in [0.05, 0.1) is 22.7 Å². The molecule has 0 aliphatic carbocycles. The SMILES string of the molecule is CC(CC(N)=S)n1ncc2ccccc21. The summed E-state index contributed by atoms with van der Waals surface area (Å²) in [7, 11) is 0. The lowest BCUT2D eigenvalue weighted by atomic mass is 10.2. The van der Waals surface area contributed by atoms with E-state index in [1.165, 1.54) is 0 Å². The van der Waals surface area contributed by atoms with Gasteiger partial charge in [0.2, 0.25) is 0 Å². The minimum Gasteiger partial charge on any atom is -0.393 e. The summed E-state index contributed by atoms with van der Waals surface area (Å²) in [6.07, 6.45) is 2.55. The van der Waals surface area contributed by atoms with Crippen molar-refractivity contribution in [3.63, 3.8) is 0 Å². The van der Waals surface area contributed by atoms with Crippen LogP contribution in [0.2, 0.25) is 0 Å². The molecule has 0 radical (unpaired) electrons. The quantitative estimate of drug-likeness (QED) is 0.805. The third kappa shape index (κ3) is 1.99. The second-order valence-electron chi connectivity index (χ2n) is 3.67. The molecule has 15 heavy (non-hydrogen) atoms. The van der Waals surface area contributed by atoms with E-state index in [1.807, 2.05) is 29.1 Å². The average molecular weight is 219 g/mol. The Labute approximate surface area is 93.9 Å². The molecule has 78 valence electrons. The summed E-state index contributed by atoms with van der Waals surface area (Å²) in [5.74, 6) is 0. The minimum atomic E-state index is 0.211. The molecule has 0 amide bonds. The molecule has 0 spiro atoms. The van der Waals surface area contributed by atoms with Crippen molar-refractivity contribution in [3.8, 4) is 0 Å². The number of fused-ring (bicyclic) bond motifs is 1. The number of rotatable bonds is 3. The van der Waals surface area contributed by atoms with Gasteiger partial charge in [0.25, 0.3) is 0 Å². The molecular formula is C11H13N3S. The van der Waals surface area contributed by atoms with Crippen LogP contribution in [0.4, 0.5) is 0 Å². The number of hydrogen-bond acceptors (Lipinski definition) is 2. The largest absolute Gasteiger partial charge is 0.393 e. The van der Waals surface area contributed by atoms with Crippen LogP contribution in [-0.2, 0) is 0 Å². The van der Waals surface area contributed by atoms with Crippen LogP contribution in [0.1, 0.15) is 19.4 Å². The van der Waals surface area contributed by atoms with Crippen LogP contribution in [0.5, 0.6) is 0 Å². The summed E-state index contributed by atoms with van der Waals surface area (Å²) in [6.45, 7) is 2.07. The molecule has 4 heteroatoms. The molecule has 0 aliphatic heterocycles. The first kappa shape index (κ1) is 10.1. The highest BCUT2D eigenvalue weighted by atomic mass is 32.1. The predicted octanol–water partition coefficient (Wildman–Crippen LogP) is 2.27. The molecule has 0 aliphatic rings. The Hall–Kier alpha value is -1.42. The molecular weight excluding hydrogens is 206 g/mol. The molecule has 1 aromatic carbocycles. The fourth-order valence-electron chi connectivity index (χ4n) is 1.72. The van der Waals surface area contributed by atoms with E-state index in [9.17, 15) is 0 Å². The Morgan fingerprint density at radius 2 is 2.27 bits per heavy atom. The van der Waals surface area contributed by atoms with Crippen LogP contribution in [-0.4, -0.2) is 14.8 Å². The van der Waals surface area contributed by atoms with Gasteiger partial charge in [-0.05, 0) is 13.0 Å². The van der Waals surface area contributed by atoms with Gasteiger partial charge in [-0.15, -0.1) is 0 Å². The smallest absolute Gasteiger partial charge is 0.0748 e. The second-order valence-corrected chi connectivity index (χ2v) is 4.19. The molecule has 0 saturated heterocycles. The van der Waals surface area contributed by atoms with Gasteiger partial charge in [-0.2, -0.15) is 5.10 Å². The highest BCUT2D eigenvalue weighted by Gasteiger charge is 2.09. The molecule has 1 atom stereocenters. The number of nitrogens with zero attached hydrogens (tertiary/aromatic N) is 2. The van der Waals surface area contributed by atoms with Crippen molar-refractivity contribution in [2.75, 3.05) is 0 Å². The van der Waals surface area contributed by atoms with Gasteiger partial charge in [-0.1, -0.05) is 30.4 Å². The van der Waals surface area contributed by atoms with Crippen LogP contribution < -0.4 is 5.73 Å². The van der Waals surface area contributed by atoms with Crippen molar-refractivity contribution in [3.05, 3.63) is 30.5 Å². The average Bonchev–Trinajstić information content (AvgIpc) is 2.59. The number of nitrogens with two attached hydrogens (primary N) is 1. The Kier molecular flexibility index (Phi) is 2.68. The molecule has 0 saturated carbocycles. The molecule has 1 unspecified atom stereocenters. The lowest BCUT2D eigenvalue weighted by Gasteiger charge is -2.12. The van der Waals surface area contributed by atoms with E-state index in [0.717, 1.165) is 10.9 Å².